The quantitative estimate of drug-likeness (QED) is 0.199. The Kier molecular flexibility index (Phi) is 11.2. The molecule has 0 bridgehead atoms. The molecule has 1 aliphatic rings. The molecule has 4 N–H and O–H groups in total. The van der Waals surface area contributed by atoms with E-state index in [4.69, 9.17) is 0 Å². The molecule has 1 amide bonds. The average Bonchev–Trinajstić information content (AvgIpc) is 3.30. The number of aromatic amines is 1. The van der Waals surface area contributed by atoms with Crippen LogP contribution >= 0.6 is 0 Å². The van der Waals surface area contributed by atoms with E-state index in [0.717, 1.165) is 41.2 Å². The topological polar surface area (TPSA) is 69.0 Å². The van der Waals surface area contributed by atoms with Crippen molar-refractivity contribution in [2.45, 2.75) is 92.2 Å². The number of unbranched alkanes of at least 4 members (excludes halogenated alkanes) is 1. The van der Waals surface area contributed by atoms with Crippen LogP contribution in [0.1, 0.15) is 105 Å². The number of H-pyrrole nitrogens is 1. The van der Waals surface area contributed by atoms with Gasteiger partial charge in [0.05, 0.1) is 11.4 Å². The van der Waals surface area contributed by atoms with Gasteiger partial charge in [-0.05, 0) is 79.6 Å². The zero-order chi connectivity index (χ0) is 28.4. The molecule has 0 spiro atoms. The molecule has 6 heteroatoms. The number of nitrogens with one attached hydrogen (secondary N) is 4. The van der Waals surface area contributed by atoms with Crippen molar-refractivity contribution in [1.29, 1.82) is 0 Å². The fraction of sp³-hybridized carbons (Fsp3) is 0.424. The Hall–Kier alpha value is -3.54. The van der Waals surface area contributed by atoms with E-state index in [2.05, 4.69) is 46.9 Å². The van der Waals surface area contributed by atoms with Crippen molar-refractivity contribution in [1.82, 2.24) is 4.98 Å². The Labute approximate surface area is 233 Å². The van der Waals surface area contributed by atoms with Gasteiger partial charge in [0, 0.05) is 16.8 Å². The molecule has 3 aromatic rings. The first-order valence-corrected chi connectivity index (χ1v) is 14.6. The van der Waals surface area contributed by atoms with Crippen molar-refractivity contribution in [2.75, 3.05) is 16.0 Å². The van der Waals surface area contributed by atoms with Crippen LogP contribution in [0.2, 0.25) is 0 Å². The normalized spacial score (nSPS) is 14.5. The van der Waals surface area contributed by atoms with Gasteiger partial charge in [-0.1, -0.05) is 72.1 Å². The highest BCUT2D eigenvalue weighted by atomic mass is 19.1. The summed E-state index contributed by atoms with van der Waals surface area (Å²) in [6.45, 7) is 12.4. The summed E-state index contributed by atoms with van der Waals surface area (Å²) in [6.07, 6.45) is 10.3. The molecule has 0 saturated carbocycles. The van der Waals surface area contributed by atoms with Crippen molar-refractivity contribution in [3.8, 4) is 0 Å². The molecule has 2 aromatic carbocycles. The van der Waals surface area contributed by atoms with Gasteiger partial charge in [-0.3, -0.25) is 4.79 Å². The van der Waals surface area contributed by atoms with Crippen LogP contribution in [0.15, 0.2) is 48.5 Å². The second kappa shape index (κ2) is 14.6. The van der Waals surface area contributed by atoms with E-state index in [1.807, 2.05) is 58.0 Å². The molecular formula is C33H45FN4O. The summed E-state index contributed by atoms with van der Waals surface area (Å²) in [6, 6.07) is 13.2. The summed E-state index contributed by atoms with van der Waals surface area (Å²) in [5.41, 5.74) is 5.89. The molecule has 39 heavy (non-hydrogen) atoms. The molecule has 2 heterocycles. The van der Waals surface area contributed by atoms with Crippen molar-refractivity contribution in [3.05, 3.63) is 82.3 Å². The fourth-order valence-electron chi connectivity index (χ4n) is 5.01. The Bertz CT molecular complexity index is 1250. The standard InChI is InChI=1S/C31H39FN4O.C2H6/c1-5-8-10-21(9-6-2)22-12-14-23(15-13-22)31(37)36-29-24-16-18-28(35-30(24)34-26(29)7-3)33-27-17-11-20(4)19-25(27)32;1-2/h11-19,21,28,33-35H,5-10H2,1-4H3,(H,36,37);1-2H3. The number of amides is 1. The monoisotopic (exact) mass is 532 g/mol. The van der Waals surface area contributed by atoms with Crippen LogP contribution in [0.25, 0.3) is 6.08 Å². The number of aryl methyl sites for hydroxylation is 2. The van der Waals surface area contributed by atoms with E-state index in [1.54, 1.807) is 6.07 Å². The maximum atomic E-state index is 14.3. The van der Waals surface area contributed by atoms with Crippen molar-refractivity contribution < 1.29 is 9.18 Å². The minimum atomic E-state index is -0.285. The number of aromatic nitrogens is 1. The molecule has 1 aliphatic heterocycles. The zero-order valence-corrected chi connectivity index (χ0v) is 24.4. The van der Waals surface area contributed by atoms with E-state index in [-0.39, 0.29) is 17.9 Å². The second-order valence-electron chi connectivity index (χ2n) is 9.93. The third kappa shape index (κ3) is 7.53. The third-order valence-electron chi connectivity index (χ3n) is 7.09. The van der Waals surface area contributed by atoms with Gasteiger partial charge < -0.3 is 20.9 Å². The number of hydrogen-bond donors (Lipinski definition) is 4. The van der Waals surface area contributed by atoms with Crippen molar-refractivity contribution in [2.24, 2.45) is 0 Å². The van der Waals surface area contributed by atoms with Gasteiger partial charge in [0.1, 0.15) is 17.8 Å². The molecular weight excluding hydrogens is 487 g/mol. The Morgan fingerprint density at radius 1 is 1.03 bits per heavy atom. The molecule has 0 aliphatic carbocycles. The number of hydrogen-bond acceptors (Lipinski definition) is 3. The number of carbonyl (C=O) groups is 1. The first-order chi connectivity index (χ1) is 18.9. The van der Waals surface area contributed by atoms with Gasteiger partial charge in [0.2, 0.25) is 0 Å². The number of anilines is 3. The predicted molar refractivity (Wildman–Crippen MR) is 164 cm³/mol. The smallest absolute Gasteiger partial charge is 0.255 e. The lowest BCUT2D eigenvalue weighted by Gasteiger charge is -2.23. The van der Waals surface area contributed by atoms with Gasteiger partial charge in [-0.2, -0.15) is 0 Å². The van der Waals surface area contributed by atoms with Crippen LogP contribution in [0.4, 0.5) is 21.6 Å². The van der Waals surface area contributed by atoms with Gasteiger partial charge in [-0.15, -0.1) is 0 Å². The lowest BCUT2D eigenvalue weighted by atomic mass is 9.89. The molecule has 210 valence electrons. The lowest BCUT2D eigenvalue weighted by molar-refractivity contribution is 0.102. The summed E-state index contributed by atoms with van der Waals surface area (Å²) in [5.74, 6) is 0.941. The average molecular weight is 533 g/mol. The molecule has 4 rings (SSSR count). The maximum absolute atomic E-state index is 14.3. The Morgan fingerprint density at radius 3 is 2.41 bits per heavy atom. The summed E-state index contributed by atoms with van der Waals surface area (Å²) < 4.78 is 14.3. The molecule has 0 radical (unpaired) electrons. The minimum absolute atomic E-state index is 0.126. The zero-order valence-electron chi connectivity index (χ0n) is 24.4. The first-order valence-electron chi connectivity index (χ1n) is 14.6. The van der Waals surface area contributed by atoms with Gasteiger partial charge >= 0.3 is 0 Å². The molecule has 2 atom stereocenters. The fourth-order valence-corrected chi connectivity index (χ4v) is 5.01. The number of rotatable bonds is 11. The van der Waals surface area contributed by atoms with E-state index in [9.17, 15) is 9.18 Å². The van der Waals surface area contributed by atoms with E-state index >= 15 is 0 Å². The van der Waals surface area contributed by atoms with Gasteiger partial charge in [-0.25, -0.2) is 4.39 Å². The molecule has 1 aromatic heterocycles. The Morgan fingerprint density at radius 2 is 1.77 bits per heavy atom. The number of halogens is 1. The Balaban J connectivity index is 0.00000205. The van der Waals surface area contributed by atoms with Crippen LogP contribution in [0, 0.1) is 12.7 Å². The SMILES string of the molecule is CC.CCCCC(CCC)c1ccc(C(=O)Nc2c(CC)[nH]c3c2C=CC(Nc2ccc(C)cc2F)N3)cc1. The van der Waals surface area contributed by atoms with Gasteiger partial charge in [0.15, 0.2) is 0 Å². The van der Waals surface area contributed by atoms with Crippen LogP contribution in [0.3, 0.4) is 0 Å². The first kappa shape index (κ1) is 30.0. The largest absolute Gasteiger partial charge is 0.360 e. The van der Waals surface area contributed by atoms with Crippen LogP contribution < -0.4 is 16.0 Å². The summed E-state index contributed by atoms with van der Waals surface area (Å²) in [4.78, 5) is 16.6. The lowest BCUT2D eigenvalue weighted by Crippen LogP contribution is -2.29. The summed E-state index contributed by atoms with van der Waals surface area (Å²) in [7, 11) is 0. The van der Waals surface area contributed by atoms with Gasteiger partial charge in [0.25, 0.3) is 5.91 Å². The van der Waals surface area contributed by atoms with Crippen LogP contribution in [0.5, 0.6) is 0 Å². The highest BCUT2D eigenvalue weighted by molar-refractivity contribution is 6.06. The number of carbonyl (C=O) groups excluding carboxylic acids is 1. The summed E-state index contributed by atoms with van der Waals surface area (Å²) >= 11 is 0. The van der Waals surface area contributed by atoms with E-state index in [1.165, 1.54) is 37.3 Å². The molecule has 2 unspecified atom stereocenters. The minimum Gasteiger partial charge on any atom is -0.360 e. The van der Waals surface area contributed by atoms with Crippen LogP contribution in [-0.2, 0) is 6.42 Å². The molecule has 0 fully saturated rings. The molecule has 0 saturated heterocycles. The highest BCUT2D eigenvalue weighted by Crippen LogP contribution is 2.34. The second-order valence-corrected chi connectivity index (χ2v) is 9.93. The predicted octanol–water partition coefficient (Wildman–Crippen LogP) is 9.25. The van der Waals surface area contributed by atoms with E-state index in [0.29, 0.717) is 17.2 Å². The van der Waals surface area contributed by atoms with Crippen molar-refractivity contribution in [3.63, 3.8) is 0 Å². The van der Waals surface area contributed by atoms with E-state index < -0.39 is 0 Å². The molecule has 5 nitrogen and oxygen atoms in total. The summed E-state index contributed by atoms with van der Waals surface area (Å²) in [5, 5.41) is 9.69. The number of benzene rings is 2. The van der Waals surface area contributed by atoms with Crippen molar-refractivity contribution >= 4 is 29.2 Å². The van der Waals surface area contributed by atoms with Crippen LogP contribution in [-0.4, -0.2) is 17.1 Å². The maximum Gasteiger partial charge on any atom is 0.255 e. The number of fused-ring (bicyclic) bond motifs is 1. The highest BCUT2D eigenvalue weighted by Gasteiger charge is 2.23. The third-order valence-corrected chi connectivity index (χ3v) is 7.09.